The van der Waals surface area contributed by atoms with Crippen LogP contribution in [0.15, 0.2) is 30.3 Å². The van der Waals surface area contributed by atoms with Gasteiger partial charge in [-0.1, -0.05) is 30.3 Å². The van der Waals surface area contributed by atoms with Crippen molar-refractivity contribution < 1.29 is 5.11 Å². The fourth-order valence-corrected chi connectivity index (χ4v) is 2.67. The third-order valence-corrected chi connectivity index (χ3v) is 4.03. The Kier molecular flexibility index (Phi) is 5.54. The Morgan fingerprint density at radius 3 is 2.45 bits per heavy atom. The van der Waals surface area contributed by atoms with Gasteiger partial charge in [-0.3, -0.25) is 9.80 Å². The van der Waals surface area contributed by atoms with Crippen LogP contribution in [0.3, 0.4) is 0 Å². The Bertz CT molecular complexity index is 435. The van der Waals surface area contributed by atoms with Crippen LogP contribution in [-0.2, 0) is 0 Å². The Labute approximate surface area is 121 Å². The fraction of sp³-hybridized carbons (Fsp3) is 0.562. The normalized spacial score (nSPS) is 20.2. The SMILES string of the molecule is C[C@H](CC#N)N1CCN(C[C@H](O)c2ccccc2)CC1. The maximum Gasteiger partial charge on any atom is 0.0916 e. The van der Waals surface area contributed by atoms with E-state index in [0.29, 0.717) is 19.0 Å². The molecule has 20 heavy (non-hydrogen) atoms. The zero-order chi connectivity index (χ0) is 14.4. The molecule has 1 aromatic carbocycles. The lowest BCUT2D eigenvalue weighted by Gasteiger charge is -2.38. The van der Waals surface area contributed by atoms with Gasteiger partial charge in [0.05, 0.1) is 18.6 Å². The van der Waals surface area contributed by atoms with Gasteiger partial charge in [-0.25, -0.2) is 0 Å². The lowest BCUT2D eigenvalue weighted by Crippen LogP contribution is -2.50. The highest BCUT2D eigenvalue weighted by molar-refractivity contribution is 5.17. The Balaban J connectivity index is 1.79. The minimum atomic E-state index is -0.417. The number of hydrogen-bond acceptors (Lipinski definition) is 4. The van der Waals surface area contributed by atoms with E-state index in [9.17, 15) is 5.11 Å². The standard InChI is InChI=1S/C16H23N3O/c1-14(7-8-17)19-11-9-18(10-12-19)13-16(20)15-5-3-2-4-6-15/h2-6,14,16,20H,7,9-13H2,1H3/t14-,16+/m1/s1. The number of hydrogen-bond donors (Lipinski definition) is 1. The van der Waals surface area contributed by atoms with E-state index in [1.807, 2.05) is 30.3 Å². The van der Waals surface area contributed by atoms with Gasteiger partial charge in [0.2, 0.25) is 0 Å². The molecule has 1 aromatic rings. The number of rotatable bonds is 5. The van der Waals surface area contributed by atoms with E-state index in [1.165, 1.54) is 0 Å². The summed E-state index contributed by atoms with van der Waals surface area (Å²) in [6.45, 7) is 6.66. The molecule has 1 aliphatic heterocycles. The highest BCUT2D eigenvalue weighted by Gasteiger charge is 2.22. The van der Waals surface area contributed by atoms with Crippen LogP contribution in [0.25, 0.3) is 0 Å². The first kappa shape index (κ1) is 15.0. The molecule has 108 valence electrons. The van der Waals surface area contributed by atoms with E-state index in [1.54, 1.807) is 0 Å². The zero-order valence-corrected chi connectivity index (χ0v) is 12.1. The molecule has 1 aliphatic rings. The van der Waals surface area contributed by atoms with Crippen molar-refractivity contribution in [3.8, 4) is 6.07 Å². The van der Waals surface area contributed by atoms with E-state index in [2.05, 4.69) is 22.8 Å². The van der Waals surface area contributed by atoms with Crippen molar-refractivity contribution in [2.24, 2.45) is 0 Å². The van der Waals surface area contributed by atoms with Crippen molar-refractivity contribution in [3.63, 3.8) is 0 Å². The molecule has 4 heteroatoms. The van der Waals surface area contributed by atoms with Crippen molar-refractivity contribution >= 4 is 0 Å². The molecular formula is C16H23N3O. The first-order chi connectivity index (χ1) is 9.70. The van der Waals surface area contributed by atoms with E-state index >= 15 is 0 Å². The number of nitriles is 1. The molecule has 0 saturated carbocycles. The van der Waals surface area contributed by atoms with E-state index in [0.717, 1.165) is 31.7 Å². The van der Waals surface area contributed by atoms with Crippen molar-refractivity contribution in [3.05, 3.63) is 35.9 Å². The van der Waals surface area contributed by atoms with Gasteiger partial charge in [-0.15, -0.1) is 0 Å². The number of β-amino-alcohol motifs (C(OH)–C–C–N with tert-alkyl or cyclic N) is 1. The monoisotopic (exact) mass is 273 g/mol. The average molecular weight is 273 g/mol. The minimum absolute atomic E-state index is 0.334. The Hall–Kier alpha value is -1.41. The molecular weight excluding hydrogens is 250 g/mol. The maximum absolute atomic E-state index is 10.2. The van der Waals surface area contributed by atoms with E-state index < -0.39 is 6.10 Å². The number of benzene rings is 1. The van der Waals surface area contributed by atoms with Crippen LogP contribution >= 0.6 is 0 Å². The molecule has 2 atom stereocenters. The lowest BCUT2D eigenvalue weighted by atomic mass is 10.1. The molecule has 1 fully saturated rings. The van der Waals surface area contributed by atoms with Gasteiger partial charge < -0.3 is 5.11 Å². The third kappa shape index (κ3) is 4.04. The maximum atomic E-state index is 10.2. The molecule has 1 saturated heterocycles. The third-order valence-electron chi connectivity index (χ3n) is 4.03. The van der Waals surface area contributed by atoms with Gasteiger partial charge in [0.25, 0.3) is 0 Å². The molecule has 4 nitrogen and oxygen atoms in total. The molecule has 0 unspecified atom stereocenters. The predicted octanol–water partition coefficient (Wildman–Crippen LogP) is 1.64. The Morgan fingerprint density at radius 2 is 1.85 bits per heavy atom. The van der Waals surface area contributed by atoms with Crippen LogP contribution in [0.1, 0.15) is 25.0 Å². The quantitative estimate of drug-likeness (QED) is 0.886. The second-order valence-corrected chi connectivity index (χ2v) is 5.47. The molecule has 1 N–H and O–H groups in total. The second-order valence-electron chi connectivity index (χ2n) is 5.47. The molecule has 0 bridgehead atoms. The molecule has 0 aliphatic carbocycles. The van der Waals surface area contributed by atoms with Crippen LogP contribution in [-0.4, -0.2) is 53.7 Å². The zero-order valence-electron chi connectivity index (χ0n) is 12.1. The summed E-state index contributed by atoms with van der Waals surface area (Å²) < 4.78 is 0. The lowest BCUT2D eigenvalue weighted by molar-refractivity contribution is 0.0598. The van der Waals surface area contributed by atoms with E-state index in [-0.39, 0.29) is 0 Å². The van der Waals surface area contributed by atoms with Crippen LogP contribution in [0.4, 0.5) is 0 Å². The predicted molar refractivity (Wildman–Crippen MR) is 79.1 cm³/mol. The summed E-state index contributed by atoms with van der Waals surface area (Å²) in [7, 11) is 0. The van der Waals surface area contributed by atoms with E-state index in [4.69, 9.17) is 5.26 Å². The summed E-state index contributed by atoms with van der Waals surface area (Å²) in [5.41, 5.74) is 0.979. The summed E-state index contributed by atoms with van der Waals surface area (Å²) in [6.07, 6.45) is 0.173. The number of piperazine rings is 1. The van der Waals surface area contributed by atoms with Gasteiger partial charge in [0.15, 0.2) is 0 Å². The van der Waals surface area contributed by atoms with Gasteiger partial charge in [-0.2, -0.15) is 5.26 Å². The number of aliphatic hydroxyl groups is 1. The van der Waals surface area contributed by atoms with Crippen molar-refractivity contribution in [1.29, 1.82) is 5.26 Å². The summed E-state index contributed by atoms with van der Waals surface area (Å²) in [5, 5.41) is 19.0. The summed E-state index contributed by atoms with van der Waals surface area (Å²) in [6, 6.07) is 12.4. The molecule has 1 heterocycles. The van der Waals surface area contributed by atoms with Crippen LogP contribution < -0.4 is 0 Å². The van der Waals surface area contributed by atoms with Crippen molar-refractivity contribution in [2.45, 2.75) is 25.5 Å². The van der Waals surface area contributed by atoms with Gasteiger partial charge in [-0.05, 0) is 12.5 Å². The molecule has 0 radical (unpaired) electrons. The topological polar surface area (TPSA) is 50.5 Å². The van der Waals surface area contributed by atoms with Crippen molar-refractivity contribution in [2.75, 3.05) is 32.7 Å². The van der Waals surface area contributed by atoms with Gasteiger partial charge in [0, 0.05) is 38.8 Å². The highest BCUT2D eigenvalue weighted by Crippen LogP contribution is 2.16. The fourth-order valence-electron chi connectivity index (χ4n) is 2.67. The average Bonchev–Trinajstić information content (AvgIpc) is 2.49. The number of nitrogens with zero attached hydrogens (tertiary/aromatic N) is 3. The van der Waals surface area contributed by atoms with Gasteiger partial charge in [0.1, 0.15) is 0 Å². The van der Waals surface area contributed by atoms with Crippen molar-refractivity contribution in [1.82, 2.24) is 9.80 Å². The Morgan fingerprint density at radius 1 is 1.20 bits per heavy atom. The van der Waals surface area contributed by atoms with Gasteiger partial charge >= 0.3 is 0 Å². The largest absolute Gasteiger partial charge is 0.387 e. The van der Waals surface area contributed by atoms with Crippen LogP contribution in [0.5, 0.6) is 0 Å². The summed E-state index contributed by atoms with van der Waals surface area (Å²) >= 11 is 0. The summed E-state index contributed by atoms with van der Waals surface area (Å²) in [5.74, 6) is 0. The van der Waals surface area contributed by atoms with Crippen LogP contribution in [0, 0.1) is 11.3 Å². The molecule has 0 aromatic heterocycles. The second kappa shape index (κ2) is 7.39. The minimum Gasteiger partial charge on any atom is -0.387 e. The summed E-state index contributed by atoms with van der Waals surface area (Å²) in [4.78, 5) is 4.65. The molecule has 0 spiro atoms. The first-order valence-electron chi connectivity index (χ1n) is 7.27. The highest BCUT2D eigenvalue weighted by atomic mass is 16.3. The molecule has 0 amide bonds. The molecule has 2 rings (SSSR count). The number of aliphatic hydroxyl groups excluding tert-OH is 1. The first-order valence-corrected chi connectivity index (χ1v) is 7.27. The smallest absolute Gasteiger partial charge is 0.0916 e. The van der Waals surface area contributed by atoms with Crippen LogP contribution in [0.2, 0.25) is 0 Å².